The molecule has 0 atom stereocenters. The second-order valence-electron chi connectivity index (χ2n) is 6.52. The molecule has 5 heteroatoms. The third kappa shape index (κ3) is 2.90. The molecule has 1 amide bonds. The normalized spacial score (nSPS) is 12.7. The van der Waals surface area contributed by atoms with Crippen LogP contribution < -0.4 is 5.32 Å². The smallest absolute Gasteiger partial charge is 0.231 e. The van der Waals surface area contributed by atoms with E-state index in [4.69, 9.17) is 0 Å². The molecule has 1 aliphatic carbocycles. The number of amides is 1. The number of benzene rings is 3. The number of thioether (sulfide) groups is 1. The van der Waals surface area contributed by atoms with E-state index >= 15 is 0 Å². The summed E-state index contributed by atoms with van der Waals surface area (Å²) in [5, 5.41) is 3.96. The van der Waals surface area contributed by atoms with Crippen LogP contribution in [0.1, 0.15) is 17.2 Å². The van der Waals surface area contributed by atoms with Gasteiger partial charge in [0.05, 0.1) is 22.8 Å². The molecule has 1 heterocycles. The van der Waals surface area contributed by atoms with Gasteiger partial charge in [0.2, 0.25) is 5.91 Å². The Hall–Kier alpha value is -3.05. The van der Waals surface area contributed by atoms with Crippen molar-refractivity contribution in [2.24, 2.45) is 0 Å². The zero-order valence-corrected chi connectivity index (χ0v) is 15.3. The molecule has 0 saturated heterocycles. The molecule has 0 saturated carbocycles. The van der Waals surface area contributed by atoms with Crippen LogP contribution in [0.5, 0.6) is 0 Å². The number of nitrogens with one attached hydrogen (secondary N) is 2. The topological polar surface area (TPSA) is 57.8 Å². The number of nitrogens with zero attached hydrogens (tertiary/aromatic N) is 1. The number of aromatic amines is 1. The standard InChI is InChI=1S/C22H17N3OS/c26-20(13-27-22-23-18-11-5-6-12-19(18)24-22)25-21-16-9-3-1-7-14(16)15-8-2-4-10-17(15)21/h1-12,21H,13H2,(H,23,24)(H,25,26). The van der Waals surface area contributed by atoms with Gasteiger partial charge in [0.15, 0.2) is 5.16 Å². The first-order valence-electron chi connectivity index (χ1n) is 8.85. The molecule has 1 aromatic heterocycles. The summed E-state index contributed by atoms with van der Waals surface area (Å²) in [6.45, 7) is 0. The van der Waals surface area contributed by atoms with Crippen LogP contribution in [0.2, 0.25) is 0 Å². The number of hydrogen-bond donors (Lipinski definition) is 2. The van der Waals surface area contributed by atoms with Crippen LogP contribution in [0.15, 0.2) is 78.0 Å². The zero-order valence-electron chi connectivity index (χ0n) is 14.5. The van der Waals surface area contributed by atoms with Crippen molar-refractivity contribution in [3.8, 4) is 11.1 Å². The Morgan fingerprint density at radius 2 is 1.56 bits per heavy atom. The Balaban J connectivity index is 1.33. The molecule has 4 aromatic rings. The summed E-state index contributed by atoms with van der Waals surface area (Å²) < 4.78 is 0. The Bertz CT molecular complexity index is 1070. The van der Waals surface area contributed by atoms with Gasteiger partial charge in [-0.1, -0.05) is 72.4 Å². The number of carbonyl (C=O) groups excluding carboxylic acids is 1. The van der Waals surface area contributed by atoms with Crippen molar-refractivity contribution in [1.82, 2.24) is 15.3 Å². The summed E-state index contributed by atoms with van der Waals surface area (Å²) in [7, 11) is 0. The van der Waals surface area contributed by atoms with E-state index in [1.165, 1.54) is 22.9 Å². The van der Waals surface area contributed by atoms with Gasteiger partial charge < -0.3 is 10.3 Å². The summed E-state index contributed by atoms with van der Waals surface area (Å²) >= 11 is 1.42. The predicted molar refractivity (Wildman–Crippen MR) is 109 cm³/mol. The number of H-pyrrole nitrogens is 1. The number of para-hydroxylation sites is 2. The van der Waals surface area contributed by atoms with Crippen LogP contribution in [0.3, 0.4) is 0 Å². The number of fused-ring (bicyclic) bond motifs is 4. The van der Waals surface area contributed by atoms with Gasteiger partial charge in [-0.15, -0.1) is 0 Å². The van der Waals surface area contributed by atoms with Crippen LogP contribution in [-0.2, 0) is 4.79 Å². The van der Waals surface area contributed by atoms with E-state index < -0.39 is 0 Å². The number of aromatic nitrogens is 2. The van der Waals surface area contributed by atoms with Crippen molar-refractivity contribution in [1.29, 1.82) is 0 Å². The highest BCUT2D eigenvalue weighted by atomic mass is 32.2. The third-order valence-corrected chi connectivity index (χ3v) is 5.72. The first-order valence-corrected chi connectivity index (χ1v) is 9.83. The van der Waals surface area contributed by atoms with Crippen LogP contribution in [0.4, 0.5) is 0 Å². The fourth-order valence-electron chi connectivity index (χ4n) is 3.65. The van der Waals surface area contributed by atoms with Gasteiger partial charge in [0.25, 0.3) is 0 Å². The highest BCUT2D eigenvalue weighted by Gasteiger charge is 2.29. The van der Waals surface area contributed by atoms with Crippen molar-refractivity contribution in [3.63, 3.8) is 0 Å². The van der Waals surface area contributed by atoms with E-state index in [9.17, 15) is 4.79 Å². The van der Waals surface area contributed by atoms with E-state index in [0.717, 1.165) is 27.3 Å². The third-order valence-electron chi connectivity index (χ3n) is 4.85. The molecule has 3 aromatic carbocycles. The first kappa shape index (κ1) is 16.1. The van der Waals surface area contributed by atoms with Crippen molar-refractivity contribution in [3.05, 3.63) is 83.9 Å². The summed E-state index contributed by atoms with van der Waals surface area (Å²) in [6.07, 6.45) is 0. The molecule has 0 bridgehead atoms. The SMILES string of the molecule is O=C(CSc1nc2ccccc2[nH]1)NC1c2ccccc2-c2ccccc21. The Labute approximate surface area is 161 Å². The van der Waals surface area contributed by atoms with Crippen molar-refractivity contribution < 1.29 is 4.79 Å². The monoisotopic (exact) mass is 371 g/mol. The predicted octanol–water partition coefficient (Wildman–Crippen LogP) is 4.54. The van der Waals surface area contributed by atoms with Crippen LogP contribution in [0, 0.1) is 0 Å². The Morgan fingerprint density at radius 1 is 0.926 bits per heavy atom. The molecule has 1 aliphatic rings. The molecule has 5 rings (SSSR count). The van der Waals surface area contributed by atoms with Gasteiger partial charge >= 0.3 is 0 Å². The molecule has 4 nitrogen and oxygen atoms in total. The van der Waals surface area contributed by atoms with Crippen LogP contribution >= 0.6 is 11.8 Å². The Kier molecular flexibility index (Phi) is 3.94. The van der Waals surface area contributed by atoms with Crippen LogP contribution in [0.25, 0.3) is 22.2 Å². The molecule has 132 valence electrons. The summed E-state index contributed by atoms with van der Waals surface area (Å²) in [5.74, 6) is 0.317. The van der Waals surface area contributed by atoms with Gasteiger partial charge in [-0.25, -0.2) is 4.98 Å². The minimum atomic E-state index is -0.0961. The maximum absolute atomic E-state index is 12.6. The molecule has 0 fully saturated rings. The highest BCUT2D eigenvalue weighted by molar-refractivity contribution is 7.99. The maximum Gasteiger partial charge on any atom is 0.231 e. The number of carbonyl (C=O) groups is 1. The van der Waals surface area contributed by atoms with Gasteiger partial charge in [-0.2, -0.15) is 0 Å². The average Bonchev–Trinajstić information content (AvgIpc) is 3.26. The van der Waals surface area contributed by atoms with Crippen LogP contribution in [-0.4, -0.2) is 21.6 Å². The second kappa shape index (κ2) is 6.59. The van der Waals surface area contributed by atoms with E-state index in [0.29, 0.717) is 5.75 Å². The quantitative estimate of drug-likeness (QED) is 0.518. The molecule has 0 unspecified atom stereocenters. The summed E-state index contributed by atoms with van der Waals surface area (Å²) in [4.78, 5) is 20.4. The van der Waals surface area contributed by atoms with Gasteiger partial charge in [-0.3, -0.25) is 4.79 Å². The number of hydrogen-bond acceptors (Lipinski definition) is 3. The average molecular weight is 371 g/mol. The molecule has 27 heavy (non-hydrogen) atoms. The zero-order chi connectivity index (χ0) is 18.2. The van der Waals surface area contributed by atoms with E-state index in [2.05, 4.69) is 39.6 Å². The number of imidazole rings is 1. The van der Waals surface area contributed by atoms with E-state index in [1.807, 2.05) is 48.5 Å². The largest absolute Gasteiger partial charge is 0.344 e. The minimum Gasteiger partial charge on any atom is -0.344 e. The van der Waals surface area contributed by atoms with Gasteiger partial charge in [0, 0.05) is 0 Å². The lowest BCUT2D eigenvalue weighted by Gasteiger charge is -2.15. The van der Waals surface area contributed by atoms with E-state index in [-0.39, 0.29) is 11.9 Å². The molecule has 0 aliphatic heterocycles. The van der Waals surface area contributed by atoms with Crippen molar-refractivity contribution in [2.75, 3.05) is 5.75 Å². The molecular weight excluding hydrogens is 354 g/mol. The van der Waals surface area contributed by atoms with Crippen molar-refractivity contribution >= 4 is 28.7 Å². The molecule has 2 N–H and O–H groups in total. The lowest BCUT2D eigenvalue weighted by molar-refractivity contribution is -0.119. The first-order chi connectivity index (χ1) is 13.3. The van der Waals surface area contributed by atoms with E-state index in [1.54, 1.807) is 0 Å². The number of rotatable bonds is 4. The fourth-order valence-corrected chi connectivity index (χ4v) is 4.34. The molecular formula is C22H17N3OS. The van der Waals surface area contributed by atoms with Gasteiger partial charge in [0.1, 0.15) is 0 Å². The Morgan fingerprint density at radius 3 is 2.26 bits per heavy atom. The van der Waals surface area contributed by atoms with Gasteiger partial charge in [-0.05, 0) is 34.4 Å². The maximum atomic E-state index is 12.6. The lowest BCUT2D eigenvalue weighted by atomic mass is 10.1. The molecule has 0 radical (unpaired) electrons. The summed E-state index contributed by atoms with van der Waals surface area (Å²) in [6, 6.07) is 24.3. The lowest BCUT2D eigenvalue weighted by Crippen LogP contribution is -2.29. The fraction of sp³-hybridized carbons (Fsp3) is 0.0909. The molecule has 0 spiro atoms. The second-order valence-corrected chi connectivity index (χ2v) is 7.49. The highest BCUT2D eigenvalue weighted by Crippen LogP contribution is 2.43. The van der Waals surface area contributed by atoms with Crippen molar-refractivity contribution in [2.45, 2.75) is 11.2 Å². The minimum absolute atomic E-state index is 0.00281. The summed E-state index contributed by atoms with van der Waals surface area (Å²) in [5.41, 5.74) is 6.60.